The lowest BCUT2D eigenvalue weighted by Crippen LogP contribution is -2.50. The average Bonchev–Trinajstić information content (AvgIpc) is 2.59. The Morgan fingerprint density at radius 2 is 2.21 bits per heavy atom. The number of piperazine rings is 1. The molecular formula is C16H18N4O4. The zero-order valence-electron chi connectivity index (χ0n) is 13.3. The number of rotatable bonds is 4. The number of hydrogen-bond acceptors (Lipinski definition) is 5. The molecule has 1 saturated heterocycles. The molecule has 0 atom stereocenters. The molecule has 1 fully saturated rings. The van der Waals surface area contributed by atoms with Crippen molar-refractivity contribution in [3.05, 3.63) is 34.4 Å². The molecule has 0 unspecified atom stereocenters. The highest BCUT2D eigenvalue weighted by atomic mass is 16.5. The Hall–Kier alpha value is -2.90. The van der Waals surface area contributed by atoms with Gasteiger partial charge in [-0.3, -0.25) is 14.4 Å². The molecule has 24 heavy (non-hydrogen) atoms. The van der Waals surface area contributed by atoms with Crippen LogP contribution in [0.4, 0.5) is 0 Å². The number of fused-ring (bicyclic) bond motifs is 1. The van der Waals surface area contributed by atoms with Gasteiger partial charge >= 0.3 is 0 Å². The van der Waals surface area contributed by atoms with Gasteiger partial charge in [-0.05, 0) is 12.1 Å². The van der Waals surface area contributed by atoms with E-state index in [0.29, 0.717) is 42.0 Å². The van der Waals surface area contributed by atoms with Gasteiger partial charge in [-0.1, -0.05) is 6.07 Å². The van der Waals surface area contributed by atoms with E-state index in [1.807, 2.05) is 0 Å². The number of hydrogen-bond donors (Lipinski definition) is 2. The quantitative estimate of drug-likeness (QED) is 0.809. The topological polar surface area (TPSA) is 104 Å². The van der Waals surface area contributed by atoms with Gasteiger partial charge in [0.25, 0.3) is 5.56 Å². The molecule has 126 valence electrons. The molecule has 0 radical (unpaired) electrons. The lowest BCUT2D eigenvalue weighted by molar-refractivity contribution is -0.138. The monoisotopic (exact) mass is 330 g/mol. The predicted molar refractivity (Wildman–Crippen MR) is 86.8 cm³/mol. The van der Waals surface area contributed by atoms with Crippen LogP contribution in [0, 0.1) is 0 Å². The molecule has 1 aliphatic rings. The first-order chi connectivity index (χ1) is 11.6. The van der Waals surface area contributed by atoms with Crippen LogP contribution >= 0.6 is 0 Å². The SMILES string of the molecule is COc1cccc2c(=O)[nH]c(CCC(=O)N3CCNC(=O)C3)nc12. The van der Waals surface area contributed by atoms with Crippen molar-refractivity contribution in [2.75, 3.05) is 26.7 Å². The maximum atomic E-state index is 12.2. The van der Waals surface area contributed by atoms with Crippen molar-refractivity contribution in [2.24, 2.45) is 0 Å². The second kappa shape index (κ2) is 6.69. The first kappa shape index (κ1) is 16.0. The number of aryl methyl sites for hydroxylation is 1. The highest BCUT2D eigenvalue weighted by Crippen LogP contribution is 2.20. The molecule has 0 saturated carbocycles. The average molecular weight is 330 g/mol. The fourth-order valence-electron chi connectivity index (χ4n) is 2.70. The van der Waals surface area contributed by atoms with E-state index in [-0.39, 0.29) is 30.3 Å². The van der Waals surface area contributed by atoms with E-state index in [1.54, 1.807) is 18.2 Å². The molecule has 0 spiro atoms. The number of methoxy groups -OCH3 is 1. The lowest BCUT2D eigenvalue weighted by Gasteiger charge is -2.26. The van der Waals surface area contributed by atoms with Crippen LogP contribution in [-0.4, -0.2) is 53.4 Å². The summed E-state index contributed by atoms with van der Waals surface area (Å²) in [7, 11) is 1.52. The van der Waals surface area contributed by atoms with Gasteiger partial charge in [-0.25, -0.2) is 4.98 Å². The van der Waals surface area contributed by atoms with Crippen molar-refractivity contribution in [3.8, 4) is 5.75 Å². The van der Waals surface area contributed by atoms with E-state index < -0.39 is 0 Å². The molecule has 1 aromatic carbocycles. The fourth-order valence-corrected chi connectivity index (χ4v) is 2.70. The van der Waals surface area contributed by atoms with Crippen LogP contribution in [0.15, 0.2) is 23.0 Å². The van der Waals surface area contributed by atoms with Crippen LogP contribution in [0.25, 0.3) is 10.9 Å². The van der Waals surface area contributed by atoms with E-state index in [9.17, 15) is 14.4 Å². The summed E-state index contributed by atoms with van der Waals surface area (Å²) in [6, 6.07) is 5.13. The highest BCUT2D eigenvalue weighted by molar-refractivity contribution is 5.86. The van der Waals surface area contributed by atoms with Crippen LogP contribution in [0.2, 0.25) is 0 Å². The summed E-state index contributed by atoms with van der Waals surface area (Å²) < 4.78 is 5.24. The van der Waals surface area contributed by atoms with Gasteiger partial charge in [0.05, 0.1) is 19.0 Å². The van der Waals surface area contributed by atoms with E-state index in [1.165, 1.54) is 12.0 Å². The largest absolute Gasteiger partial charge is 0.494 e. The molecule has 2 amide bonds. The Morgan fingerprint density at radius 3 is 2.96 bits per heavy atom. The summed E-state index contributed by atoms with van der Waals surface area (Å²) in [6.07, 6.45) is 0.469. The number of carbonyl (C=O) groups excluding carboxylic acids is 2. The Morgan fingerprint density at radius 1 is 1.38 bits per heavy atom. The summed E-state index contributed by atoms with van der Waals surface area (Å²) in [5.74, 6) is 0.648. The molecule has 1 aromatic heterocycles. The van der Waals surface area contributed by atoms with Crippen molar-refractivity contribution in [1.82, 2.24) is 20.2 Å². The van der Waals surface area contributed by atoms with Crippen LogP contribution in [0.1, 0.15) is 12.2 Å². The lowest BCUT2D eigenvalue weighted by atomic mass is 10.2. The normalized spacial score (nSPS) is 14.5. The molecule has 3 rings (SSSR count). The number of carbonyl (C=O) groups is 2. The Bertz CT molecular complexity index is 846. The molecule has 2 aromatic rings. The number of nitrogens with one attached hydrogen (secondary N) is 2. The number of para-hydroxylation sites is 1. The zero-order valence-corrected chi connectivity index (χ0v) is 13.3. The van der Waals surface area contributed by atoms with Gasteiger partial charge in [0.2, 0.25) is 11.8 Å². The summed E-state index contributed by atoms with van der Waals surface area (Å²) in [6.45, 7) is 1.04. The van der Waals surface area contributed by atoms with Gasteiger partial charge < -0.3 is 19.9 Å². The second-order valence-corrected chi connectivity index (χ2v) is 5.53. The summed E-state index contributed by atoms with van der Waals surface area (Å²) in [5.41, 5.74) is 0.210. The van der Waals surface area contributed by atoms with Crippen molar-refractivity contribution in [2.45, 2.75) is 12.8 Å². The number of benzene rings is 1. The van der Waals surface area contributed by atoms with E-state index in [0.717, 1.165) is 0 Å². The third-order valence-electron chi connectivity index (χ3n) is 3.93. The Balaban J connectivity index is 1.77. The van der Waals surface area contributed by atoms with Crippen LogP contribution in [-0.2, 0) is 16.0 Å². The number of ether oxygens (including phenoxy) is 1. The predicted octanol–water partition coefficient (Wildman–Crippen LogP) is -0.177. The molecule has 1 aliphatic heterocycles. The fraction of sp³-hybridized carbons (Fsp3) is 0.375. The number of nitrogens with zero attached hydrogens (tertiary/aromatic N) is 2. The van der Waals surface area contributed by atoms with E-state index >= 15 is 0 Å². The number of aromatic amines is 1. The number of H-pyrrole nitrogens is 1. The zero-order chi connectivity index (χ0) is 17.1. The van der Waals surface area contributed by atoms with Crippen LogP contribution < -0.4 is 15.6 Å². The summed E-state index contributed by atoms with van der Waals surface area (Å²) >= 11 is 0. The summed E-state index contributed by atoms with van der Waals surface area (Å²) in [5, 5.41) is 3.12. The molecule has 0 aliphatic carbocycles. The van der Waals surface area contributed by atoms with Crippen LogP contribution in [0.5, 0.6) is 5.75 Å². The number of amides is 2. The van der Waals surface area contributed by atoms with Gasteiger partial charge in [-0.15, -0.1) is 0 Å². The van der Waals surface area contributed by atoms with Gasteiger partial charge in [-0.2, -0.15) is 0 Å². The van der Waals surface area contributed by atoms with Crippen molar-refractivity contribution in [1.29, 1.82) is 0 Å². The molecule has 2 heterocycles. The maximum absolute atomic E-state index is 12.2. The maximum Gasteiger partial charge on any atom is 0.258 e. The van der Waals surface area contributed by atoms with Gasteiger partial charge in [0.15, 0.2) is 0 Å². The van der Waals surface area contributed by atoms with Crippen molar-refractivity contribution in [3.63, 3.8) is 0 Å². The molecule has 2 N–H and O–H groups in total. The minimum Gasteiger partial charge on any atom is -0.494 e. The van der Waals surface area contributed by atoms with Gasteiger partial charge in [0, 0.05) is 25.9 Å². The molecular weight excluding hydrogens is 312 g/mol. The van der Waals surface area contributed by atoms with Crippen molar-refractivity contribution < 1.29 is 14.3 Å². The Labute approximate surface area is 137 Å². The number of aromatic nitrogens is 2. The van der Waals surface area contributed by atoms with E-state index in [2.05, 4.69) is 15.3 Å². The third kappa shape index (κ3) is 3.22. The first-order valence-electron chi connectivity index (χ1n) is 7.69. The minimum atomic E-state index is -0.265. The second-order valence-electron chi connectivity index (χ2n) is 5.53. The summed E-state index contributed by atoms with van der Waals surface area (Å²) in [4.78, 5) is 44.3. The van der Waals surface area contributed by atoms with Crippen molar-refractivity contribution >= 4 is 22.7 Å². The van der Waals surface area contributed by atoms with Crippen LogP contribution in [0.3, 0.4) is 0 Å². The smallest absolute Gasteiger partial charge is 0.258 e. The Kier molecular flexibility index (Phi) is 4.45. The third-order valence-corrected chi connectivity index (χ3v) is 3.93. The highest BCUT2D eigenvalue weighted by Gasteiger charge is 2.21. The minimum absolute atomic E-state index is 0.0777. The van der Waals surface area contributed by atoms with E-state index in [4.69, 9.17) is 4.74 Å². The molecule has 8 nitrogen and oxygen atoms in total. The standard InChI is InChI=1S/C16H18N4O4/c1-24-11-4-2-3-10-15(11)18-12(19-16(10)23)5-6-14(22)20-8-7-17-13(21)9-20/h2-4H,5-9H2,1H3,(H,17,21)(H,18,19,23). The molecule has 8 heteroatoms. The first-order valence-corrected chi connectivity index (χ1v) is 7.69. The van der Waals surface area contributed by atoms with Gasteiger partial charge in [0.1, 0.15) is 17.1 Å². The molecule has 0 bridgehead atoms.